The van der Waals surface area contributed by atoms with Crippen LogP contribution in [0.1, 0.15) is 64.7 Å². The minimum absolute atomic E-state index is 0.862. The molecule has 2 nitrogen and oxygen atoms in total. The van der Waals surface area contributed by atoms with E-state index >= 15 is 0 Å². The minimum Gasteiger partial charge on any atom is -0.315 e. The summed E-state index contributed by atoms with van der Waals surface area (Å²) in [6, 6.07) is 0.862. The standard InChI is InChI=1S/C16H32N2/c1-2-3-4-14-5-7-15(8-6-14)13-17-11-12-18-16-9-10-16/h14-18H,2-13H2,1H3. The first-order valence-corrected chi connectivity index (χ1v) is 8.32. The van der Waals surface area contributed by atoms with Crippen molar-refractivity contribution in [2.24, 2.45) is 11.8 Å². The van der Waals surface area contributed by atoms with Crippen molar-refractivity contribution in [1.29, 1.82) is 0 Å². The molecule has 0 amide bonds. The Balaban J connectivity index is 1.42. The molecule has 106 valence electrons. The van der Waals surface area contributed by atoms with Crippen molar-refractivity contribution >= 4 is 0 Å². The molecule has 0 heterocycles. The number of unbranched alkanes of at least 4 members (excludes halogenated alkanes) is 1. The maximum absolute atomic E-state index is 3.63. The lowest BCUT2D eigenvalue weighted by molar-refractivity contribution is 0.254. The SMILES string of the molecule is CCCCC1CCC(CNCCNC2CC2)CC1. The summed E-state index contributed by atoms with van der Waals surface area (Å²) < 4.78 is 0. The van der Waals surface area contributed by atoms with Crippen molar-refractivity contribution in [1.82, 2.24) is 10.6 Å². The molecule has 0 radical (unpaired) electrons. The van der Waals surface area contributed by atoms with Gasteiger partial charge in [0.25, 0.3) is 0 Å². The van der Waals surface area contributed by atoms with E-state index in [-0.39, 0.29) is 0 Å². The lowest BCUT2D eigenvalue weighted by Gasteiger charge is -2.28. The number of rotatable bonds is 9. The van der Waals surface area contributed by atoms with Gasteiger partial charge in [-0.1, -0.05) is 39.0 Å². The largest absolute Gasteiger partial charge is 0.315 e. The van der Waals surface area contributed by atoms with Gasteiger partial charge in [0.1, 0.15) is 0 Å². The van der Waals surface area contributed by atoms with Gasteiger partial charge < -0.3 is 10.6 Å². The van der Waals surface area contributed by atoms with E-state index in [2.05, 4.69) is 17.6 Å². The normalized spacial score (nSPS) is 28.5. The minimum atomic E-state index is 0.862. The van der Waals surface area contributed by atoms with Crippen LogP contribution in [0.3, 0.4) is 0 Å². The van der Waals surface area contributed by atoms with Gasteiger partial charge in [0.2, 0.25) is 0 Å². The summed E-state index contributed by atoms with van der Waals surface area (Å²) in [4.78, 5) is 0. The maximum Gasteiger partial charge on any atom is 0.00793 e. The van der Waals surface area contributed by atoms with Gasteiger partial charge in [-0.05, 0) is 44.1 Å². The first-order valence-electron chi connectivity index (χ1n) is 8.32. The molecule has 0 spiro atoms. The van der Waals surface area contributed by atoms with Crippen LogP contribution >= 0.6 is 0 Å². The highest BCUT2D eigenvalue weighted by Crippen LogP contribution is 2.31. The molecular formula is C16H32N2. The topological polar surface area (TPSA) is 24.1 Å². The second kappa shape index (κ2) is 8.16. The van der Waals surface area contributed by atoms with Gasteiger partial charge in [0.05, 0.1) is 0 Å². The third-order valence-corrected chi connectivity index (χ3v) is 4.68. The fraction of sp³-hybridized carbons (Fsp3) is 1.00. The monoisotopic (exact) mass is 252 g/mol. The summed E-state index contributed by atoms with van der Waals surface area (Å²) in [6.07, 6.45) is 13.0. The van der Waals surface area contributed by atoms with Gasteiger partial charge >= 0.3 is 0 Å². The van der Waals surface area contributed by atoms with E-state index in [0.717, 1.165) is 31.0 Å². The van der Waals surface area contributed by atoms with E-state index < -0.39 is 0 Å². The van der Waals surface area contributed by atoms with Crippen molar-refractivity contribution in [3.8, 4) is 0 Å². The van der Waals surface area contributed by atoms with Gasteiger partial charge in [-0.15, -0.1) is 0 Å². The van der Waals surface area contributed by atoms with Crippen molar-refractivity contribution in [3.05, 3.63) is 0 Å². The second-order valence-electron chi connectivity index (χ2n) is 6.46. The molecule has 0 bridgehead atoms. The lowest BCUT2D eigenvalue weighted by atomic mass is 9.80. The van der Waals surface area contributed by atoms with Crippen LogP contribution in [-0.4, -0.2) is 25.7 Å². The summed E-state index contributed by atoms with van der Waals surface area (Å²) >= 11 is 0. The Kier molecular flexibility index (Phi) is 6.50. The van der Waals surface area contributed by atoms with Gasteiger partial charge in [-0.2, -0.15) is 0 Å². The lowest BCUT2D eigenvalue weighted by Crippen LogP contribution is -2.32. The van der Waals surface area contributed by atoms with Crippen LogP contribution in [0.5, 0.6) is 0 Å². The molecule has 0 saturated heterocycles. The van der Waals surface area contributed by atoms with E-state index in [1.807, 2.05) is 0 Å². The Hall–Kier alpha value is -0.0800. The number of nitrogens with one attached hydrogen (secondary N) is 2. The molecule has 2 aliphatic rings. The van der Waals surface area contributed by atoms with Crippen molar-refractivity contribution < 1.29 is 0 Å². The van der Waals surface area contributed by atoms with Gasteiger partial charge in [-0.3, -0.25) is 0 Å². The van der Waals surface area contributed by atoms with Crippen LogP contribution in [0.2, 0.25) is 0 Å². The summed E-state index contributed by atoms with van der Waals surface area (Å²) in [5, 5.41) is 7.20. The smallest absolute Gasteiger partial charge is 0.00793 e. The zero-order valence-corrected chi connectivity index (χ0v) is 12.2. The van der Waals surface area contributed by atoms with Crippen LogP contribution in [0.15, 0.2) is 0 Å². The molecule has 2 N–H and O–H groups in total. The highest BCUT2D eigenvalue weighted by molar-refractivity contribution is 4.81. The molecule has 0 aliphatic heterocycles. The predicted octanol–water partition coefficient (Wildman–Crippen LogP) is 3.32. The summed E-state index contributed by atoms with van der Waals surface area (Å²) in [5.41, 5.74) is 0. The molecular weight excluding hydrogens is 220 g/mol. The Morgan fingerprint density at radius 2 is 1.61 bits per heavy atom. The van der Waals surface area contributed by atoms with E-state index in [4.69, 9.17) is 0 Å². The summed E-state index contributed by atoms with van der Waals surface area (Å²) in [7, 11) is 0. The zero-order chi connectivity index (χ0) is 12.6. The van der Waals surface area contributed by atoms with Gasteiger partial charge in [0.15, 0.2) is 0 Å². The van der Waals surface area contributed by atoms with E-state index in [1.165, 1.54) is 64.3 Å². The third kappa shape index (κ3) is 5.71. The third-order valence-electron chi connectivity index (χ3n) is 4.68. The van der Waals surface area contributed by atoms with Crippen molar-refractivity contribution in [2.45, 2.75) is 70.8 Å². The fourth-order valence-corrected chi connectivity index (χ4v) is 3.18. The Labute approximate surface area is 113 Å². The molecule has 2 saturated carbocycles. The van der Waals surface area contributed by atoms with E-state index in [1.54, 1.807) is 0 Å². The molecule has 2 aliphatic carbocycles. The van der Waals surface area contributed by atoms with Crippen molar-refractivity contribution in [3.63, 3.8) is 0 Å². The fourth-order valence-electron chi connectivity index (χ4n) is 3.18. The molecule has 0 aromatic rings. The Bertz CT molecular complexity index is 205. The van der Waals surface area contributed by atoms with Crippen molar-refractivity contribution in [2.75, 3.05) is 19.6 Å². The Morgan fingerprint density at radius 1 is 0.889 bits per heavy atom. The molecule has 0 aromatic heterocycles. The average Bonchev–Trinajstić information content (AvgIpc) is 3.21. The van der Waals surface area contributed by atoms with Crippen LogP contribution in [0.25, 0.3) is 0 Å². The molecule has 0 unspecified atom stereocenters. The summed E-state index contributed by atoms with van der Waals surface area (Å²) in [5.74, 6) is 2.02. The van der Waals surface area contributed by atoms with E-state index in [9.17, 15) is 0 Å². The van der Waals surface area contributed by atoms with Crippen LogP contribution in [0.4, 0.5) is 0 Å². The van der Waals surface area contributed by atoms with Crippen LogP contribution < -0.4 is 10.6 Å². The quantitative estimate of drug-likeness (QED) is 0.615. The van der Waals surface area contributed by atoms with Gasteiger partial charge in [-0.25, -0.2) is 0 Å². The first kappa shape index (κ1) is 14.3. The zero-order valence-electron chi connectivity index (χ0n) is 12.2. The first-order chi connectivity index (χ1) is 8.88. The second-order valence-corrected chi connectivity index (χ2v) is 6.46. The molecule has 18 heavy (non-hydrogen) atoms. The highest BCUT2D eigenvalue weighted by atomic mass is 15.0. The summed E-state index contributed by atoms with van der Waals surface area (Å²) in [6.45, 7) is 5.89. The Morgan fingerprint density at radius 3 is 2.28 bits per heavy atom. The maximum atomic E-state index is 3.63. The molecule has 0 atom stereocenters. The molecule has 0 aromatic carbocycles. The van der Waals surface area contributed by atoms with Crippen LogP contribution in [-0.2, 0) is 0 Å². The van der Waals surface area contributed by atoms with Crippen LogP contribution in [0, 0.1) is 11.8 Å². The molecule has 2 fully saturated rings. The number of hydrogen-bond acceptors (Lipinski definition) is 2. The predicted molar refractivity (Wildman–Crippen MR) is 78.9 cm³/mol. The molecule has 2 heteroatoms. The average molecular weight is 252 g/mol. The van der Waals surface area contributed by atoms with E-state index in [0.29, 0.717) is 0 Å². The number of hydrogen-bond donors (Lipinski definition) is 2. The van der Waals surface area contributed by atoms with Gasteiger partial charge in [0, 0.05) is 19.1 Å². The molecule has 2 rings (SSSR count). The highest BCUT2D eigenvalue weighted by Gasteiger charge is 2.21.